The van der Waals surface area contributed by atoms with E-state index < -0.39 is 0 Å². The number of Topliss-reactive ketones (excluding diaryl/α,β-unsaturated/α-hetero) is 1. The number of carbonyl (C=O) groups is 1. The molecule has 0 unspecified atom stereocenters. The third kappa shape index (κ3) is 2.60. The molecule has 0 N–H and O–H groups in total. The van der Waals surface area contributed by atoms with Gasteiger partial charge in [-0.25, -0.2) is 15.0 Å². The molecule has 0 radical (unpaired) electrons. The molecule has 0 amide bonds. The number of rotatable bonds is 3. The second kappa shape index (κ2) is 5.06. The van der Waals surface area contributed by atoms with E-state index in [-0.39, 0.29) is 11.2 Å². The lowest BCUT2D eigenvalue weighted by Crippen LogP contribution is -2.28. The first-order chi connectivity index (χ1) is 10.00. The van der Waals surface area contributed by atoms with E-state index in [2.05, 4.69) is 40.3 Å². The van der Waals surface area contributed by atoms with Gasteiger partial charge in [-0.05, 0) is 18.3 Å². The summed E-state index contributed by atoms with van der Waals surface area (Å²) in [5, 5.41) is 0. The van der Waals surface area contributed by atoms with Crippen LogP contribution in [0.25, 0.3) is 11.5 Å². The zero-order valence-electron chi connectivity index (χ0n) is 12.8. The van der Waals surface area contributed by atoms with Crippen molar-refractivity contribution in [3.63, 3.8) is 0 Å². The van der Waals surface area contributed by atoms with E-state index in [1.165, 1.54) is 0 Å². The predicted octanol–water partition coefficient (Wildman–Crippen LogP) is 2.91. The molecular formula is C16H20N4O. The second-order valence-electron chi connectivity index (χ2n) is 6.47. The van der Waals surface area contributed by atoms with Gasteiger partial charge in [-0.3, -0.25) is 4.79 Å². The Balaban J connectivity index is 2.03. The molecule has 0 fully saturated rings. The van der Waals surface area contributed by atoms with E-state index in [0.717, 1.165) is 30.8 Å². The minimum Gasteiger partial charge on any atom is -0.328 e. The smallest absolute Gasteiger partial charge is 0.178 e. The number of aromatic nitrogens is 4. The van der Waals surface area contributed by atoms with Crippen molar-refractivity contribution in [2.75, 3.05) is 0 Å². The SMILES string of the molecule is CCCn1cncc1-c1ncc2c(n1)CC(C)(C)CC2=O. The molecule has 3 rings (SSSR count). The van der Waals surface area contributed by atoms with Gasteiger partial charge in [-0.2, -0.15) is 0 Å². The molecule has 0 saturated heterocycles. The molecule has 0 aromatic carbocycles. The van der Waals surface area contributed by atoms with Crippen molar-refractivity contribution < 1.29 is 4.79 Å². The Kier molecular flexibility index (Phi) is 3.35. The first kappa shape index (κ1) is 13.9. The number of imidazole rings is 1. The summed E-state index contributed by atoms with van der Waals surface area (Å²) in [6, 6.07) is 0. The number of hydrogen-bond acceptors (Lipinski definition) is 4. The molecule has 0 saturated carbocycles. The number of hydrogen-bond donors (Lipinski definition) is 0. The zero-order chi connectivity index (χ0) is 15.0. The Bertz CT molecular complexity index is 687. The van der Waals surface area contributed by atoms with Gasteiger partial charge in [0.05, 0.1) is 23.8 Å². The maximum absolute atomic E-state index is 12.2. The second-order valence-corrected chi connectivity index (χ2v) is 6.47. The molecule has 0 spiro atoms. The van der Waals surface area contributed by atoms with Crippen LogP contribution in [0, 0.1) is 5.41 Å². The first-order valence-corrected chi connectivity index (χ1v) is 7.40. The monoisotopic (exact) mass is 284 g/mol. The van der Waals surface area contributed by atoms with Gasteiger partial charge in [-0.1, -0.05) is 20.8 Å². The molecule has 0 atom stereocenters. The van der Waals surface area contributed by atoms with Crippen LogP contribution in [0.4, 0.5) is 0 Å². The van der Waals surface area contributed by atoms with Gasteiger partial charge >= 0.3 is 0 Å². The molecule has 21 heavy (non-hydrogen) atoms. The van der Waals surface area contributed by atoms with Crippen LogP contribution >= 0.6 is 0 Å². The lowest BCUT2D eigenvalue weighted by Gasteiger charge is -2.29. The zero-order valence-corrected chi connectivity index (χ0v) is 12.8. The van der Waals surface area contributed by atoms with Crippen LogP contribution in [-0.2, 0) is 13.0 Å². The average Bonchev–Trinajstić information content (AvgIpc) is 2.85. The minimum absolute atomic E-state index is 0.0284. The molecule has 5 heteroatoms. The van der Waals surface area contributed by atoms with Crippen molar-refractivity contribution in [1.29, 1.82) is 0 Å². The summed E-state index contributed by atoms with van der Waals surface area (Å²) in [5.74, 6) is 0.806. The fourth-order valence-corrected chi connectivity index (χ4v) is 2.88. The van der Waals surface area contributed by atoms with Gasteiger partial charge in [0.15, 0.2) is 11.6 Å². The van der Waals surface area contributed by atoms with Gasteiger partial charge in [0, 0.05) is 19.2 Å². The lowest BCUT2D eigenvalue weighted by atomic mass is 9.76. The van der Waals surface area contributed by atoms with E-state index in [0.29, 0.717) is 17.8 Å². The summed E-state index contributed by atoms with van der Waals surface area (Å²) in [5.41, 5.74) is 2.43. The molecule has 2 aromatic heterocycles. The van der Waals surface area contributed by atoms with Crippen molar-refractivity contribution in [3.05, 3.63) is 30.0 Å². The van der Waals surface area contributed by atoms with E-state index in [9.17, 15) is 4.79 Å². The van der Waals surface area contributed by atoms with E-state index in [4.69, 9.17) is 0 Å². The fourth-order valence-electron chi connectivity index (χ4n) is 2.88. The van der Waals surface area contributed by atoms with Gasteiger partial charge < -0.3 is 4.57 Å². The minimum atomic E-state index is -0.0284. The van der Waals surface area contributed by atoms with Crippen LogP contribution in [-0.4, -0.2) is 25.3 Å². The standard InChI is InChI=1S/C16H20N4O/c1-4-5-20-10-17-9-13(20)15-18-8-11-12(19-15)6-16(2,3)7-14(11)21/h8-10H,4-7H2,1-3H3. The van der Waals surface area contributed by atoms with Crippen LogP contribution in [0.2, 0.25) is 0 Å². The largest absolute Gasteiger partial charge is 0.328 e. The van der Waals surface area contributed by atoms with Crippen molar-refractivity contribution in [1.82, 2.24) is 19.5 Å². The summed E-state index contributed by atoms with van der Waals surface area (Å²) < 4.78 is 2.05. The topological polar surface area (TPSA) is 60.7 Å². The highest BCUT2D eigenvalue weighted by Gasteiger charge is 2.32. The van der Waals surface area contributed by atoms with Gasteiger partial charge in [0.25, 0.3) is 0 Å². The van der Waals surface area contributed by atoms with Gasteiger partial charge in [-0.15, -0.1) is 0 Å². The number of aryl methyl sites for hydroxylation is 1. The van der Waals surface area contributed by atoms with E-state index in [1.807, 2.05) is 0 Å². The van der Waals surface area contributed by atoms with E-state index in [1.54, 1.807) is 18.7 Å². The molecule has 0 bridgehead atoms. The summed E-state index contributed by atoms with van der Waals surface area (Å²) in [7, 11) is 0. The number of fused-ring (bicyclic) bond motifs is 1. The van der Waals surface area contributed by atoms with Crippen molar-refractivity contribution in [2.45, 2.75) is 46.6 Å². The third-order valence-electron chi connectivity index (χ3n) is 3.86. The van der Waals surface area contributed by atoms with Crippen molar-refractivity contribution >= 4 is 5.78 Å². The summed E-state index contributed by atoms with van der Waals surface area (Å²) in [4.78, 5) is 25.4. The highest BCUT2D eigenvalue weighted by atomic mass is 16.1. The molecule has 2 heterocycles. The number of carbonyl (C=O) groups excluding carboxylic acids is 1. The fraction of sp³-hybridized carbons (Fsp3) is 0.500. The normalized spacial score (nSPS) is 16.8. The van der Waals surface area contributed by atoms with E-state index >= 15 is 0 Å². The van der Waals surface area contributed by atoms with Crippen LogP contribution in [0.3, 0.4) is 0 Å². The molecular weight excluding hydrogens is 264 g/mol. The summed E-state index contributed by atoms with van der Waals surface area (Å²) in [6.45, 7) is 7.23. The van der Waals surface area contributed by atoms with Crippen LogP contribution in [0.1, 0.15) is 49.7 Å². The molecule has 5 nitrogen and oxygen atoms in total. The van der Waals surface area contributed by atoms with Crippen LogP contribution in [0.15, 0.2) is 18.7 Å². The lowest BCUT2D eigenvalue weighted by molar-refractivity contribution is 0.0910. The maximum Gasteiger partial charge on any atom is 0.178 e. The van der Waals surface area contributed by atoms with Crippen LogP contribution < -0.4 is 0 Å². The maximum atomic E-state index is 12.2. The Morgan fingerprint density at radius 1 is 1.29 bits per heavy atom. The molecule has 1 aliphatic rings. The summed E-state index contributed by atoms with van der Waals surface area (Å²) >= 11 is 0. The highest BCUT2D eigenvalue weighted by molar-refractivity contribution is 5.98. The van der Waals surface area contributed by atoms with Crippen molar-refractivity contribution in [2.24, 2.45) is 5.41 Å². The highest BCUT2D eigenvalue weighted by Crippen LogP contribution is 2.34. The molecule has 2 aromatic rings. The Hall–Kier alpha value is -2.04. The number of nitrogens with zero attached hydrogens (tertiary/aromatic N) is 4. The van der Waals surface area contributed by atoms with Crippen molar-refractivity contribution in [3.8, 4) is 11.5 Å². The van der Waals surface area contributed by atoms with Crippen LogP contribution in [0.5, 0.6) is 0 Å². The van der Waals surface area contributed by atoms with Gasteiger partial charge in [0.2, 0.25) is 0 Å². The number of ketones is 1. The Labute approximate surface area is 124 Å². The average molecular weight is 284 g/mol. The van der Waals surface area contributed by atoms with Gasteiger partial charge in [0.1, 0.15) is 5.69 Å². The quantitative estimate of drug-likeness (QED) is 0.869. The molecule has 1 aliphatic carbocycles. The Morgan fingerprint density at radius 2 is 2.10 bits per heavy atom. The molecule has 0 aliphatic heterocycles. The predicted molar refractivity (Wildman–Crippen MR) is 80.0 cm³/mol. The summed E-state index contributed by atoms with van der Waals surface area (Å²) in [6.07, 6.45) is 7.67. The Morgan fingerprint density at radius 3 is 2.86 bits per heavy atom. The first-order valence-electron chi connectivity index (χ1n) is 7.40. The third-order valence-corrected chi connectivity index (χ3v) is 3.86. The molecule has 110 valence electrons.